The number of esters is 4. The molecule has 0 aromatic rings. The molecule has 0 rings (SSSR count). The number of hydrogen-bond donors (Lipinski definition) is 3. The fraction of sp³-hybridized carbons (Fsp3) is 0.942. The van der Waals surface area contributed by atoms with E-state index in [1.807, 2.05) is 0 Å². The second kappa shape index (κ2) is 62.5. The highest BCUT2D eigenvalue weighted by molar-refractivity contribution is 7.47. The maximum absolute atomic E-state index is 13.0. The molecule has 0 bridgehead atoms. The van der Waals surface area contributed by atoms with Crippen LogP contribution in [-0.4, -0.2) is 96.7 Å². The normalized spacial score (nSPS) is 14.4. The Morgan fingerprint density at radius 3 is 0.807 bits per heavy atom. The van der Waals surface area contributed by atoms with Crippen molar-refractivity contribution in [3.8, 4) is 0 Å². The third-order valence-corrected chi connectivity index (χ3v) is 18.3. The zero-order valence-corrected chi connectivity index (χ0v) is 58.6. The molecule has 0 saturated carbocycles. The van der Waals surface area contributed by atoms with Crippen molar-refractivity contribution in [3.05, 3.63) is 0 Å². The Labute approximate surface area is 537 Å². The molecule has 3 unspecified atom stereocenters. The molecule has 0 aliphatic rings. The van der Waals surface area contributed by atoms with E-state index < -0.39 is 97.5 Å². The zero-order valence-electron chi connectivity index (χ0n) is 56.9. The lowest BCUT2D eigenvalue weighted by atomic mass is 9.99. The van der Waals surface area contributed by atoms with E-state index in [9.17, 15) is 43.2 Å². The van der Waals surface area contributed by atoms with Gasteiger partial charge in [-0.25, -0.2) is 9.13 Å². The summed E-state index contributed by atoms with van der Waals surface area (Å²) in [6.07, 6.45) is 49.0. The molecule has 0 aliphatic heterocycles. The first-order valence-corrected chi connectivity index (χ1v) is 39.2. The van der Waals surface area contributed by atoms with Gasteiger partial charge in [0, 0.05) is 25.7 Å². The Hall–Kier alpha value is -1.94. The van der Waals surface area contributed by atoms with Crippen LogP contribution in [0, 0.1) is 5.92 Å². The number of phosphoric ester groups is 2. The van der Waals surface area contributed by atoms with Gasteiger partial charge in [-0.15, -0.1) is 0 Å². The number of ether oxygens (including phenoxy) is 4. The second-order valence-corrected chi connectivity index (χ2v) is 28.1. The third kappa shape index (κ3) is 61.6. The molecule has 522 valence electrons. The average Bonchev–Trinajstić information content (AvgIpc) is 3.56. The molecule has 88 heavy (non-hydrogen) atoms. The topological polar surface area (TPSA) is 237 Å². The maximum Gasteiger partial charge on any atom is 0.472 e. The van der Waals surface area contributed by atoms with Crippen LogP contribution in [0.3, 0.4) is 0 Å². The van der Waals surface area contributed by atoms with Gasteiger partial charge >= 0.3 is 39.5 Å². The van der Waals surface area contributed by atoms with Crippen molar-refractivity contribution in [2.75, 3.05) is 39.6 Å². The minimum absolute atomic E-state index is 0.105. The molecule has 0 fully saturated rings. The van der Waals surface area contributed by atoms with E-state index in [1.165, 1.54) is 173 Å². The van der Waals surface area contributed by atoms with Crippen LogP contribution < -0.4 is 0 Å². The van der Waals surface area contributed by atoms with E-state index in [2.05, 4.69) is 34.6 Å². The van der Waals surface area contributed by atoms with Crippen molar-refractivity contribution in [1.82, 2.24) is 0 Å². The standard InChI is InChI=1S/C69H134O17P2/c1-6-10-13-16-18-20-21-22-23-24-25-26-27-28-29-30-36-40-45-50-55-69(74)86-65(59-80-67(72)53-48-43-38-35-32-31-34-37-42-46-51-62(5)9-4)61-84-88(77,78)82-57-63(70)56-81-87(75,76)83-60-64(58-79-66(71)52-47-41-15-12-8-3)85-68(73)54-49-44-39-33-19-17-14-11-7-2/h62-65,70H,6-61H2,1-5H3,(H,75,76)(H,77,78)/t62?,63-,64+,65+/m0/s1. The van der Waals surface area contributed by atoms with Crippen molar-refractivity contribution in [3.63, 3.8) is 0 Å². The van der Waals surface area contributed by atoms with Crippen molar-refractivity contribution >= 4 is 39.5 Å². The summed E-state index contributed by atoms with van der Waals surface area (Å²) < 4.78 is 68.0. The Morgan fingerprint density at radius 1 is 0.318 bits per heavy atom. The summed E-state index contributed by atoms with van der Waals surface area (Å²) in [7, 11) is -9.88. The lowest BCUT2D eigenvalue weighted by Gasteiger charge is -2.21. The van der Waals surface area contributed by atoms with Gasteiger partial charge in [0.25, 0.3) is 0 Å². The highest BCUT2D eigenvalue weighted by Crippen LogP contribution is 2.45. The first kappa shape index (κ1) is 86.1. The minimum Gasteiger partial charge on any atom is -0.462 e. The highest BCUT2D eigenvalue weighted by atomic mass is 31.2. The van der Waals surface area contributed by atoms with E-state index in [1.54, 1.807) is 0 Å². The Balaban J connectivity index is 5.12. The number of phosphoric acid groups is 2. The van der Waals surface area contributed by atoms with Crippen LogP contribution in [0.4, 0.5) is 0 Å². The molecule has 19 heteroatoms. The smallest absolute Gasteiger partial charge is 0.462 e. The van der Waals surface area contributed by atoms with E-state index in [4.69, 9.17) is 37.0 Å². The number of rotatable bonds is 69. The van der Waals surface area contributed by atoms with Crippen LogP contribution in [-0.2, 0) is 65.4 Å². The van der Waals surface area contributed by atoms with E-state index in [0.29, 0.717) is 25.7 Å². The molecule has 0 saturated heterocycles. The van der Waals surface area contributed by atoms with Gasteiger partial charge in [0.15, 0.2) is 12.2 Å². The van der Waals surface area contributed by atoms with Crippen molar-refractivity contribution in [1.29, 1.82) is 0 Å². The van der Waals surface area contributed by atoms with E-state index in [-0.39, 0.29) is 25.7 Å². The monoisotopic (exact) mass is 1300 g/mol. The number of unbranched alkanes of at least 4 members (excludes halogenated alkanes) is 40. The predicted molar refractivity (Wildman–Crippen MR) is 354 cm³/mol. The van der Waals surface area contributed by atoms with Gasteiger partial charge in [0.2, 0.25) is 0 Å². The molecule has 0 heterocycles. The first-order valence-electron chi connectivity index (χ1n) is 36.2. The molecule has 0 spiro atoms. The molecular formula is C69H134O17P2. The van der Waals surface area contributed by atoms with Gasteiger partial charge < -0.3 is 33.8 Å². The summed E-state index contributed by atoms with van der Waals surface area (Å²) in [6.45, 7) is 7.16. The van der Waals surface area contributed by atoms with Crippen LogP contribution in [0.2, 0.25) is 0 Å². The van der Waals surface area contributed by atoms with Crippen LogP contribution in [0.25, 0.3) is 0 Å². The van der Waals surface area contributed by atoms with E-state index in [0.717, 1.165) is 102 Å². The summed E-state index contributed by atoms with van der Waals surface area (Å²) in [5.41, 5.74) is 0. The number of aliphatic hydroxyl groups excluding tert-OH is 1. The van der Waals surface area contributed by atoms with Gasteiger partial charge in [-0.1, -0.05) is 304 Å². The Kier molecular flexibility index (Phi) is 61.1. The van der Waals surface area contributed by atoms with Gasteiger partial charge in [0.05, 0.1) is 26.4 Å². The van der Waals surface area contributed by atoms with E-state index >= 15 is 0 Å². The summed E-state index contributed by atoms with van der Waals surface area (Å²) in [5, 5.41) is 10.5. The average molecular weight is 1300 g/mol. The lowest BCUT2D eigenvalue weighted by Crippen LogP contribution is -2.30. The van der Waals surface area contributed by atoms with Crippen LogP contribution >= 0.6 is 15.6 Å². The number of aliphatic hydroxyl groups is 1. The third-order valence-electron chi connectivity index (χ3n) is 16.4. The molecule has 0 aliphatic carbocycles. The van der Waals surface area contributed by atoms with Gasteiger partial charge in [-0.05, 0) is 31.6 Å². The van der Waals surface area contributed by atoms with Gasteiger partial charge in [-0.3, -0.25) is 37.3 Å². The van der Waals surface area contributed by atoms with Crippen molar-refractivity contribution in [2.24, 2.45) is 5.92 Å². The van der Waals surface area contributed by atoms with Crippen LogP contribution in [0.1, 0.15) is 356 Å². The van der Waals surface area contributed by atoms with Crippen molar-refractivity contribution in [2.45, 2.75) is 374 Å². The molecular weight excluding hydrogens is 1160 g/mol. The Bertz CT molecular complexity index is 1710. The summed E-state index contributed by atoms with van der Waals surface area (Å²) in [5.74, 6) is -1.33. The number of carbonyl (C=O) groups excluding carboxylic acids is 4. The summed E-state index contributed by atoms with van der Waals surface area (Å²) in [4.78, 5) is 72.1. The maximum atomic E-state index is 13.0. The first-order chi connectivity index (χ1) is 42.6. The molecule has 6 atom stereocenters. The van der Waals surface area contributed by atoms with Gasteiger partial charge in [-0.2, -0.15) is 0 Å². The van der Waals surface area contributed by atoms with Crippen molar-refractivity contribution < 1.29 is 80.2 Å². The zero-order chi connectivity index (χ0) is 64.9. The van der Waals surface area contributed by atoms with Crippen LogP contribution in [0.15, 0.2) is 0 Å². The largest absolute Gasteiger partial charge is 0.472 e. The summed E-state index contributed by atoms with van der Waals surface area (Å²) in [6, 6.07) is 0. The SMILES string of the molecule is CCCCCCCCCCCCCCCCCCCCCCC(=O)O[C@H](COC(=O)CCCCCCCCCCCCC(C)CC)COP(=O)(O)OC[C@@H](O)COP(=O)(O)OC[C@@H](COC(=O)CCCCCCC)OC(=O)CCCCCCCCCCC. The molecule has 3 N–H and O–H groups in total. The molecule has 0 amide bonds. The summed E-state index contributed by atoms with van der Waals surface area (Å²) >= 11 is 0. The lowest BCUT2D eigenvalue weighted by molar-refractivity contribution is -0.161. The van der Waals surface area contributed by atoms with Gasteiger partial charge in [0.1, 0.15) is 19.3 Å². The fourth-order valence-corrected chi connectivity index (χ4v) is 12.0. The van der Waals surface area contributed by atoms with Crippen LogP contribution in [0.5, 0.6) is 0 Å². The molecule has 0 radical (unpaired) electrons. The quantitative estimate of drug-likeness (QED) is 0.0222. The number of hydrogen-bond acceptors (Lipinski definition) is 15. The molecule has 0 aromatic heterocycles. The second-order valence-electron chi connectivity index (χ2n) is 25.2. The molecule has 0 aromatic carbocycles. The predicted octanol–water partition coefficient (Wildman–Crippen LogP) is 19.7. The number of carbonyl (C=O) groups is 4. The minimum atomic E-state index is -4.95. The Morgan fingerprint density at radius 2 is 0.545 bits per heavy atom. The highest BCUT2D eigenvalue weighted by Gasteiger charge is 2.30. The molecule has 17 nitrogen and oxygen atoms in total. The fourth-order valence-electron chi connectivity index (χ4n) is 10.4.